The van der Waals surface area contributed by atoms with Crippen LogP contribution >= 0.6 is 0 Å². The highest BCUT2D eigenvalue weighted by Crippen LogP contribution is 2.26. The standard InChI is InChI=1S/C16H22N4O4S/c1-18-7-9-19(10-8-18)16(22)15(21)17-13-4-2-5-14(12-13)20-6-3-11-25(20,23)24/h2,4-5,12H,3,6-11H2,1H3,(H,17,21). The molecule has 3 rings (SSSR count). The Morgan fingerprint density at radius 1 is 1.08 bits per heavy atom. The summed E-state index contributed by atoms with van der Waals surface area (Å²) < 4.78 is 25.4. The summed E-state index contributed by atoms with van der Waals surface area (Å²) in [6, 6.07) is 6.57. The molecule has 136 valence electrons. The van der Waals surface area contributed by atoms with Gasteiger partial charge in [-0.3, -0.25) is 13.9 Å². The van der Waals surface area contributed by atoms with Gasteiger partial charge in [0.25, 0.3) is 0 Å². The Bertz CT molecular complexity index is 772. The van der Waals surface area contributed by atoms with Crippen molar-refractivity contribution in [2.24, 2.45) is 0 Å². The van der Waals surface area contributed by atoms with Gasteiger partial charge in [-0.1, -0.05) is 6.07 Å². The van der Waals surface area contributed by atoms with Gasteiger partial charge in [0.15, 0.2) is 0 Å². The largest absolute Gasteiger partial charge is 0.332 e. The molecule has 0 bridgehead atoms. The third kappa shape index (κ3) is 3.93. The van der Waals surface area contributed by atoms with Gasteiger partial charge in [0.05, 0.1) is 11.4 Å². The molecule has 1 aromatic rings. The number of nitrogens with one attached hydrogen (secondary N) is 1. The zero-order valence-corrected chi connectivity index (χ0v) is 15.0. The molecule has 0 spiro atoms. The van der Waals surface area contributed by atoms with Crippen molar-refractivity contribution in [3.63, 3.8) is 0 Å². The lowest BCUT2D eigenvalue weighted by molar-refractivity contribution is -0.144. The van der Waals surface area contributed by atoms with Crippen molar-refractivity contribution in [1.29, 1.82) is 0 Å². The van der Waals surface area contributed by atoms with Gasteiger partial charge < -0.3 is 15.1 Å². The number of benzene rings is 1. The zero-order valence-electron chi connectivity index (χ0n) is 14.1. The molecule has 2 heterocycles. The number of sulfonamides is 1. The molecule has 0 saturated carbocycles. The fraction of sp³-hybridized carbons (Fsp3) is 0.500. The van der Waals surface area contributed by atoms with Crippen LogP contribution in [0.1, 0.15) is 6.42 Å². The summed E-state index contributed by atoms with van der Waals surface area (Å²) in [6.07, 6.45) is 0.584. The molecule has 2 amide bonds. The molecular formula is C16H22N4O4S. The number of likely N-dealkylation sites (N-methyl/N-ethyl adjacent to an activating group) is 1. The van der Waals surface area contributed by atoms with Gasteiger partial charge in [-0.15, -0.1) is 0 Å². The minimum atomic E-state index is -3.28. The van der Waals surface area contributed by atoms with E-state index in [0.717, 1.165) is 13.1 Å². The van der Waals surface area contributed by atoms with Crippen LogP contribution < -0.4 is 9.62 Å². The number of piperazine rings is 1. The first-order valence-corrected chi connectivity index (χ1v) is 9.87. The van der Waals surface area contributed by atoms with Crippen LogP contribution in [0.25, 0.3) is 0 Å². The second-order valence-corrected chi connectivity index (χ2v) is 8.35. The summed E-state index contributed by atoms with van der Waals surface area (Å²) in [6.45, 7) is 2.95. The molecule has 0 unspecified atom stereocenters. The zero-order chi connectivity index (χ0) is 18.0. The Kier molecular flexibility index (Phi) is 4.96. The second kappa shape index (κ2) is 7.01. The van der Waals surface area contributed by atoms with Crippen LogP contribution in [0.4, 0.5) is 11.4 Å². The molecule has 25 heavy (non-hydrogen) atoms. The maximum absolute atomic E-state index is 12.2. The third-order valence-electron chi connectivity index (χ3n) is 4.48. The molecule has 2 fully saturated rings. The topological polar surface area (TPSA) is 90.0 Å². The Labute approximate surface area is 147 Å². The molecule has 0 aromatic heterocycles. The summed E-state index contributed by atoms with van der Waals surface area (Å²) in [4.78, 5) is 28.1. The van der Waals surface area contributed by atoms with Gasteiger partial charge >= 0.3 is 11.8 Å². The van der Waals surface area contributed by atoms with Crippen LogP contribution in [0.2, 0.25) is 0 Å². The van der Waals surface area contributed by atoms with Crippen LogP contribution in [0, 0.1) is 0 Å². The van der Waals surface area contributed by atoms with Crippen molar-refractivity contribution < 1.29 is 18.0 Å². The van der Waals surface area contributed by atoms with Crippen LogP contribution in [0.5, 0.6) is 0 Å². The first-order chi connectivity index (χ1) is 11.9. The first kappa shape index (κ1) is 17.7. The van der Waals surface area contributed by atoms with E-state index in [2.05, 4.69) is 10.2 Å². The highest BCUT2D eigenvalue weighted by atomic mass is 32.2. The maximum atomic E-state index is 12.2. The van der Waals surface area contributed by atoms with Gasteiger partial charge in [-0.2, -0.15) is 0 Å². The van der Waals surface area contributed by atoms with Crippen molar-refractivity contribution >= 4 is 33.2 Å². The van der Waals surface area contributed by atoms with Gasteiger partial charge in [-0.25, -0.2) is 8.42 Å². The second-order valence-electron chi connectivity index (χ2n) is 6.34. The fourth-order valence-electron chi connectivity index (χ4n) is 3.01. The van der Waals surface area contributed by atoms with E-state index in [9.17, 15) is 18.0 Å². The van der Waals surface area contributed by atoms with E-state index < -0.39 is 21.8 Å². The number of amides is 2. The maximum Gasteiger partial charge on any atom is 0.313 e. The molecule has 1 aromatic carbocycles. The molecule has 2 saturated heterocycles. The molecule has 0 radical (unpaired) electrons. The summed E-state index contributed by atoms with van der Waals surface area (Å²) in [5, 5.41) is 2.58. The lowest BCUT2D eigenvalue weighted by atomic mass is 10.2. The van der Waals surface area contributed by atoms with Crippen molar-refractivity contribution in [2.45, 2.75) is 6.42 Å². The predicted octanol–water partition coefficient (Wildman–Crippen LogP) is -0.0610. The minimum absolute atomic E-state index is 0.130. The van der Waals surface area contributed by atoms with Gasteiger partial charge in [0.2, 0.25) is 10.0 Å². The highest BCUT2D eigenvalue weighted by molar-refractivity contribution is 7.93. The number of anilines is 2. The van der Waals surface area contributed by atoms with Crippen molar-refractivity contribution in [2.75, 3.05) is 55.1 Å². The van der Waals surface area contributed by atoms with E-state index in [4.69, 9.17) is 0 Å². The van der Waals surface area contributed by atoms with Crippen molar-refractivity contribution in [3.05, 3.63) is 24.3 Å². The van der Waals surface area contributed by atoms with Crippen molar-refractivity contribution in [1.82, 2.24) is 9.80 Å². The molecule has 0 atom stereocenters. The minimum Gasteiger partial charge on any atom is -0.332 e. The van der Waals surface area contributed by atoms with Gasteiger partial charge in [0.1, 0.15) is 0 Å². The number of hydrogen-bond donors (Lipinski definition) is 1. The molecule has 2 aliphatic heterocycles. The van der Waals surface area contributed by atoms with E-state index >= 15 is 0 Å². The third-order valence-corrected chi connectivity index (χ3v) is 6.35. The number of carbonyl (C=O) groups is 2. The highest BCUT2D eigenvalue weighted by Gasteiger charge is 2.29. The average Bonchev–Trinajstić information content (AvgIpc) is 2.94. The number of hydrogen-bond acceptors (Lipinski definition) is 5. The molecule has 0 aliphatic carbocycles. The van der Waals surface area contributed by atoms with E-state index in [1.165, 1.54) is 9.21 Å². The Hall–Kier alpha value is -2.13. The summed E-state index contributed by atoms with van der Waals surface area (Å²) >= 11 is 0. The lowest BCUT2D eigenvalue weighted by Crippen LogP contribution is -2.50. The van der Waals surface area contributed by atoms with Gasteiger partial charge in [0, 0.05) is 38.4 Å². The molecule has 9 heteroatoms. The van der Waals surface area contributed by atoms with E-state index in [0.29, 0.717) is 37.4 Å². The molecule has 2 aliphatic rings. The van der Waals surface area contributed by atoms with Crippen LogP contribution in [-0.4, -0.2) is 75.6 Å². The summed E-state index contributed by atoms with van der Waals surface area (Å²) in [5.41, 5.74) is 0.912. The van der Waals surface area contributed by atoms with E-state index in [1.807, 2.05) is 7.05 Å². The lowest BCUT2D eigenvalue weighted by Gasteiger charge is -2.31. The predicted molar refractivity (Wildman–Crippen MR) is 94.9 cm³/mol. The SMILES string of the molecule is CN1CCN(C(=O)C(=O)Nc2cccc(N3CCCS3(=O)=O)c2)CC1. The Balaban J connectivity index is 1.68. The Morgan fingerprint density at radius 3 is 2.44 bits per heavy atom. The molecule has 8 nitrogen and oxygen atoms in total. The fourth-order valence-corrected chi connectivity index (χ4v) is 4.56. The molecular weight excluding hydrogens is 344 g/mol. The number of carbonyl (C=O) groups excluding carboxylic acids is 2. The number of nitrogens with zero attached hydrogens (tertiary/aromatic N) is 3. The average molecular weight is 366 g/mol. The monoisotopic (exact) mass is 366 g/mol. The van der Waals surface area contributed by atoms with Gasteiger partial charge in [-0.05, 0) is 31.7 Å². The first-order valence-electron chi connectivity index (χ1n) is 8.26. The van der Waals surface area contributed by atoms with Crippen LogP contribution in [0.3, 0.4) is 0 Å². The Morgan fingerprint density at radius 2 is 1.80 bits per heavy atom. The van der Waals surface area contributed by atoms with Crippen LogP contribution in [0.15, 0.2) is 24.3 Å². The molecule has 1 N–H and O–H groups in total. The number of rotatable bonds is 2. The van der Waals surface area contributed by atoms with Crippen molar-refractivity contribution in [3.8, 4) is 0 Å². The van der Waals surface area contributed by atoms with Crippen LogP contribution in [-0.2, 0) is 19.6 Å². The quantitative estimate of drug-likeness (QED) is 0.741. The summed E-state index contributed by atoms with van der Waals surface area (Å²) in [5.74, 6) is -1.14. The normalized spacial score (nSPS) is 20.5. The summed E-state index contributed by atoms with van der Waals surface area (Å²) in [7, 11) is -1.31. The smallest absolute Gasteiger partial charge is 0.313 e. The van der Waals surface area contributed by atoms with E-state index in [1.54, 1.807) is 24.3 Å². The van der Waals surface area contributed by atoms with E-state index in [-0.39, 0.29) is 5.75 Å².